The number of urea groups is 1. The first-order chi connectivity index (χ1) is 10.1. The number of halogens is 1. The number of nitrogens with two attached hydrogens (primary N) is 1. The number of nitrogens with zero attached hydrogens (tertiary/aromatic N) is 1. The van der Waals surface area contributed by atoms with E-state index < -0.39 is 0 Å². The van der Waals surface area contributed by atoms with Gasteiger partial charge in [0.2, 0.25) is 0 Å². The van der Waals surface area contributed by atoms with Gasteiger partial charge in [-0.25, -0.2) is 4.79 Å². The van der Waals surface area contributed by atoms with Crippen LogP contribution in [-0.4, -0.2) is 36.6 Å². The van der Waals surface area contributed by atoms with Gasteiger partial charge in [0.05, 0.1) is 0 Å². The van der Waals surface area contributed by atoms with Crippen LogP contribution in [0.25, 0.3) is 0 Å². The Morgan fingerprint density at radius 2 is 2.14 bits per heavy atom. The maximum Gasteiger partial charge on any atom is 0.317 e. The summed E-state index contributed by atoms with van der Waals surface area (Å²) in [7, 11) is 0. The molecule has 0 radical (unpaired) electrons. The van der Waals surface area contributed by atoms with E-state index in [4.69, 9.17) is 17.3 Å². The van der Waals surface area contributed by atoms with Crippen LogP contribution in [-0.2, 0) is 5.41 Å². The van der Waals surface area contributed by atoms with Crippen LogP contribution in [0.3, 0.4) is 0 Å². The van der Waals surface area contributed by atoms with Crippen molar-refractivity contribution in [1.29, 1.82) is 0 Å². The highest BCUT2D eigenvalue weighted by Gasteiger charge is 2.39. The van der Waals surface area contributed by atoms with Gasteiger partial charge in [0.15, 0.2) is 0 Å². The lowest BCUT2D eigenvalue weighted by atomic mass is 9.68. The molecule has 2 fully saturated rings. The van der Waals surface area contributed by atoms with E-state index in [-0.39, 0.29) is 11.4 Å². The molecule has 0 atom stereocenters. The zero-order chi connectivity index (χ0) is 14.9. The van der Waals surface area contributed by atoms with Crippen LogP contribution >= 0.6 is 11.6 Å². The smallest absolute Gasteiger partial charge is 0.317 e. The highest BCUT2D eigenvalue weighted by molar-refractivity contribution is 6.30. The van der Waals surface area contributed by atoms with Crippen LogP contribution in [0.4, 0.5) is 4.79 Å². The van der Waals surface area contributed by atoms with Crippen molar-refractivity contribution in [3.05, 3.63) is 34.9 Å². The van der Waals surface area contributed by atoms with Crippen molar-refractivity contribution in [3.8, 4) is 0 Å². The average Bonchev–Trinajstić information content (AvgIpc) is 2.93. The SMILES string of the molecule is NC[C@]1(c2cccc(Cl)c2)CC[C@H](N2CCNC2=O)CC1. The third-order valence-corrected chi connectivity index (χ3v) is 5.31. The largest absolute Gasteiger partial charge is 0.336 e. The first-order valence-corrected chi connectivity index (χ1v) is 8.03. The molecule has 0 bridgehead atoms. The molecule has 0 aromatic heterocycles. The summed E-state index contributed by atoms with van der Waals surface area (Å²) in [6.07, 6.45) is 4.05. The number of carbonyl (C=O) groups is 1. The second-order valence-corrected chi connectivity index (χ2v) is 6.59. The maximum absolute atomic E-state index is 11.8. The molecule has 3 rings (SSSR count). The Morgan fingerprint density at radius 1 is 1.38 bits per heavy atom. The number of hydrogen-bond acceptors (Lipinski definition) is 2. The number of hydrogen-bond donors (Lipinski definition) is 2. The van der Waals surface area contributed by atoms with Gasteiger partial charge in [0.25, 0.3) is 0 Å². The third kappa shape index (κ3) is 2.74. The molecule has 1 aliphatic carbocycles. The highest BCUT2D eigenvalue weighted by Crippen LogP contribution is 2.40. The molecule has 1 aliphatic heterocycles. The van der Waals surface area contributed by atoms with Gasteiger partial charge in [-0.05, 0) is 43.4 Å². The van der Waals surface area contributed by atoms with Gasteiger partial charge in [0.1, 0.15) is 0 Å². The summed E-state index contributed by atoms with van der Waals surface area (Å²) in [5, 5.41) is 3.65. The Labute approximate surface area is 130 Å². The van der Waals surface area contributed by atoms with Crippen molar-refractivity contribution in [2.45, 2.75) is 37.1 Å². The summed E-state index contributed by atoms with van der Waals surface area (Å²) in [6, 6.07) is 8.50. The lowest BCUT2D eigenvalue weighted by Gasteiger charge is -2.42. The molecular formula is C16H22ClN3O. The van der Waals surface area contributed by atoms with Gasteiger partial charge in [0, 0.05) is 36.1 Å². The first kappa shape index (κ1) is 14.7. The predicted molar refractivity (Wildman–Crippen MR) is 84.5 cm³/mol. The fourth-order valence-corrected chi connectivity index (χ4v) is 3.92. The molecule has 21 heavy (non-hydrogen) atoms. The van der Waals surface area contributed by atoms with Gasteiger partial charge in [-0.1, -0.05) is 23.7 Å². The van der Waals surface area contributed by atoms with E-state index in [2.05, 4.69) is 11.4 Å². The Balaban J connectivity index is 1.74. The fraction of sp³-hybridized carbons (Fsp3) is 0.562. The van der Waals surface area contributed by atoms with Crippen molar-refractivity contribution in [3.63, 3.8) is 0 Å². The van der Waals surface area contributed by atoms with E-state index in [0.717, 1.165) is 43.8 Å². The second kappa shape index (κ2) is 5.85. The molecule has 2 aliphatic rings. The zero-order valence-electron chi connectivity index (χ0n) is 12.1. The fourth-order valence-electron chi connectivity index (χ4n) is 3.73. The van der Waals surface area contributed by atoms with Gasteiger partial charge >= 0.3 is 6.03 Å². The van der Waals surface area contributed by atoms with E-state index in [9.17, 15) is 4.79 Å². The molecule has 1 heterocycles. The topological polar surface area (TPSA) is 58.4 Å². The minimum atomic E-state index is 0.0115. The molecule has 1 saturated heterocycles. The molecule has 1 saturated carbocycles. The average molecular weight is 308 g/mol. The first-order valence-electron chi connectivity index (χ1n) is 7.65. The van der Waals surface area contributed by atoms with Gasteiger partial charge in [-0.3, -0.25) is 0 Å². The molecular weight excluding hydrogens is 286 g/mol. The van der Waals surface area contributed by atoms with E-state index in [1.807, 2.05) is 23.1 Å². The van der Waals surface area contributed by atoms with Crippen molar-refractivity contribution in [2.75, 3.05) is 19.6 Å². The Kier molecular flexibility index (Phi) is 4.09. The third-order valence-electron chi connectivity index (χ3n) is 5.07. The molecule has 1 aromatic rings. The Morgan fingerprint density at radius 3 is 2.71 bits per heavy atom. The van der Waals surface area contributed by atoms with Crippen LogP contribution in [0.2, 0.25) is 5.02 Å². The molecule has 1 aromatic carbocycles. The summed E-state index contributed by atoms with van der Waals surface area (Å²) in [5.74, 6) is 0. The van der Waals surface area contributed by atoms with E-state index >= 15 is 0 Å². The molecule has 0 spiro atoms. The number of benzene rings is 1. The monoisotopic (exact) mass is 307 g/mol. The normalized spacial score (nSPS) is 29.5. The second-order valence-electron chi connectivity index (χ2n) is 6.15. The van der Waals surface area contributed by atoms with Gasteiger partial charge < -0.3 is 16.0 Å². The lowest BCUT2D eigenvalue weighted by molar-refractivity contribution is 0.154. The van der Waals surface area contributed by atoms with Crippen molar-refractivity contribution < 1.29 is 4.79 Å². The maximum atomic E-state index is 11.8. The number of nitrogens with one attached hydrogen (secondary N) is 1. The van der Waals surface area contributed by atoms with E-state index in [1.54, 1.807) is 0 Å². The Bertz CT molecular complexity index is 526. The quantitative estimate of drug-likeness (QED) is 0.901. The predicted octanol–water partition coefficient (Wildman–Crippen LogP) is 2.50. The Hall–Kier alpha value is -1.26. The standard InChI is InChI=1S/C16H22ClN3O/c17-13-3-1-2-12(10-13)16(11-18)6-4-14(5-7-16)20-9-8-19-15(20)21/h1-3,10,14H,4-9,11,18H2,(H,19,21)/t14-,16-. The van der Waals surface area contributed by atoms with Gasteiger partial charge in [-0.15, -0.1) is 0 Å². The highest BCUT2D eigenvalue weighted by atomic mass is 35.5. The molecule has 4 nitrogen and oxygen atoms in total. The minimum absolute atomic E-state index is 0.0115. The minimum Gasteiger partial charge on any atom is -0.336 e. The van der Waals surface area contributed by atoms with Crippen LogP contribution < -0.4 is 11.1 Å². The van der Waals surface area contributed by atoms with Crippen molar-refractivity contribution >= 4 is 17.6 Å². The molecule has 5 heteroatoms. The van der Waals surface area contributed by atoms with Crippen LogP contribution in [0.5, 0.6) is 0 Å². The summed E-state index contributed by atoms with van der Waals surface area (Å²) in [4.78, 5) is 13.8. The van der Waals surface area contributed by atoms with Crippen molar-refractivity contribution in [1.82, 2.24) is 10.2 Å². The number of rotatable bonds is 3. The van der Waals surface area contributed by atoms with E-state index in [0.29, 0.717) is 12.6 Å². The van der Waals surface area contributed by atoms with Crippen LogP contribution in [0.1, 0.15) is 31.2 Å². The lowest BCUT2D eigenvalue weighted by Crippen LogP contribution is -2.46. The van der Waals surface area contributed by atoms with E-state index in [1.165, 1.54) is 5.56 Å². The van der Waals surface area contributed by atoms with Crippen LogP contribution in [0.15, 0.2) is 24.3 Å². The number of amides is 2. The molecule has 0 unspecified atom stereocenters. The molecule has 2 amide bonds. The number of carbonyl (C=O) groups excluding carboxylic acids is 1. The summed E-state index contributed by atoms with van der Waals surface area (Å²) in [5.41, 5.74) is 7.36. The van der Waals surface area contributed by atoms with Gasteiger partial charge in [-0.2, -0.15) is 0 Å². The summed E-state index contributed by atoms with van der Waals surface area (Å²) < 4.78 is 0. The summed E-state index contributed by atoms with van der Waals surface area (Å²) >= 11 is 6.13. The summed E-state index contributed by atoms with van der Waals surface area (Å²) in [6.45, 7) is 2.23. The van der Waals surface area contributed by atoms with Crippen molar-refractivity contribution in [2.24, 2.45) is 5.73 Å². The zero-order valence-corrected chi connectivity index (χ0v) is 12.9. The van der Waals surface area contributed by atoms with Crippen LogP contribution in [0, 0.1) is 0 Å². The molecule has 114 valence electrons. The molecule has 3 N–H and O–H groups in total.